The lowest BCUT2D eigenvalue weighted by Gasteiger charge is -2.26. The van der Waals surface area contributed by atoms with Crippen molar-refractivity contribution in [1.82, 2.24) is 10.6 Å². The summed E-state index contributed by atoms with van der Waals surface area (Å²) < 4.78 is 0. The van der Waals surface area contributed by atoms with E-state index >= 15 is 0 Å². The number of aliphatic carboxylic acids is 1. The van der Waals surface area contributed by atoms with Crippen LogP contribution in [-0.4, -0.2) is 35.0 Å². The molecule has 0 spiro atoms. The van der Waals surface area contributed by atoms with Gasteiger partial charge in [-0.15, -0.1) is 0 Å². The standard InChI is InChI=1S/C14H26N2O4/c1-13(2,3)10(12(19)20)11(18)15-8-7-9(17)16-14(4,5)6/h10H,7-8H2,1-6H3,(H,15,18)(H,16,17)(H,19,20). The van der Waals surface area contributed by atoms with Gasteiger partial charge in [0, 0.05) is 18.5 Å². The Morgan fingerprint density at radius 1 is 1.05 bits per heavy atom. The SMILES string of the molecule is CC(C)(C)NC(=O)CCNC(=O)C(C(=O)O)C(C)(C)C. The summed E-state index contributed by atoms with van der Waals surface area (Å²) >= 11 is 0. The normalized spacial score (nSPS) is 13.5. The van der Waals surface area contributed by atoms with Gasteiger partial charge < -0.3 is 15.7 Å². The number of rotatable bonds is 5. The van der Waals surface area contributed by atoms with Crippen molar-refractivity contribution in [3.8, 4) is 0 Å². The zero-order valence-electron chi connectivity index (χ0n) is 13.2. The van der Waals surface area contributed by atoms with E-state index in [-0.39, 0.29) is 24.4 Å². The molecule has 3 N–H and O–H groups in total. The highest BCUT2D eigenvalue weighted by molar-refractivity contribution is 5.97. The molecule has 1 unspecified atom stereocenters. The van der Waals surface area contributed by atoms with E-state index in [9.17, 15) is 14.4 Å². The topological polar surface area (TPSA) is 95.5 Å². The van der Waals surface area contributed by atoms with Gasteiger partial charge in [0.1, 0.15) is 5.92 Å². The van der Waals surface area contributed by atoms with Gasteiger partial charge in [-0.3, -0.25) is 14.4 Å². The van der Waals surface area contributed by atoms with E-state index in [1.54, 1.807) is 20.8 Å². The lowest BCUT2D eigenvalue weighted by Crippen LogP contribution is -2.45. The van der Waals surface area contributed by atoms with Crippen molar-refractivity contribution in [2.45, 2.75) is 53.5 Å². The molecule has 0 aromatic rings. The number of hydrogen-bond acceptors (Lipinski definition) is 3. The first-order valence-corrected chi connectivity index (χ1v) is 6.66. The third-order valence-corrected chi connectivity index (χ3v) is 2.54. The molecule has 0 saturated carbocycles. The summed E-state index contributed by atoms with van der Waals surface area (Å²) in [5.41, 5.74) is -1.00. The van der Waals surface area contributed by atoms with E-state index < -0.39 is 23.2 Å². The second kappa shape index (κ2) is 6.72. The van der Waals surface area contributed by atoms with E-state index in [1.807, 2.05) is 20.8 Å². The second-order valence-electron chi connectivity index (χ2n) is 6.98. The third-order valence-electron chi connectivity index (χ3n) is 2.54. The van der Waals surface area contributed by atoms with Crippen molar-refractivity contribution in [1.29, 1.82) is 0 Å². The summed E-state index contributed by atoms with van der Waals surface area (Å²) in [6.07, 6.45) is 0.124. The molecule has 0 aliphatic heterocycles. The molecule has 2 amide bonds. The van der Waals surface area contributed by atoms with Crippen LogP contribution in [0, 0.1) is 11.3 Å². The molecule has 0 aliphatic carbocycles. The fourth-order valence-corrected chi connectivity index (χ4v) is 1.76. The number of nitrogens with one attached hydrogen (secondary N) is 2. The van der Waals surface area contributed by atoms with Crippen molar-refractivity contribution in [2.75, 3.05) is 6.54 Å². The number of carboxylic acid groups (broad SMARTS) is 1. The van der Waals surface area contributed by atoms with Crippen LogP contribution in [0.25, 0.3) is 0 Å². The Balaban J connectivity index is 4.35. The first kappa shape index (κ1) is 18.4. The minimum Gasteiger partial charge on any atom is -0.481 e. The van der Waals surface area contributed by atoms with Gasteiger partial charge in [0.15, 0.2) is 0 Å². The molecule has 1 atom stereocenters. The number of carbonyl (C=O) groups excluding carboxylic acids is 2. The monoisotopic (exact) mass is 286 g/mol. The van der Waals surface area contributed by atoms with E-state index in [1.165, 1.54) is 0 Å². The summed E-state index contributed by atoms with van der Waals surface area (Å²) in [6, 6.07) is 0. The van der Waals surface area contributed by atoms with Gasteiger partial charge in [0.05, 0.1) is 0 Å². The average Bonchev–Trinajstić information content (AvgIpc) is 2.10. The maximum Gasteiger partial charge on any atom is 0.316 e. The Bertz CT molecular complexity index is 378. The summed E-state index contributed by atoms with van der Waals surface area (Å²) in [6.45, 7) is 10.8. The molecule has 116 valence electrons. The van der Waals surface area contributed by atoms with Crippen molar-refractivity contribution in [3.63, 3.8) is 0 Å². The van der Waals surface area contributed by atoms with Crippen LogP contribution in [0.1, 0.15) is 48.0 Å². The summed E-state index contributed by atoms with van der Waals surface area (Å²) in [5, 5.41) is 14.4. The Kier molecular flexibility index (Phi) is 6.19. The van der Waals surface area contributed by atoms with E-state index in [4.69, 9.17) is 5.11 Å². The second-order valence-corrected chi connectivity index (χ2v) is 6.98. The highest BCUT2D eigenvalue weighted by Crippen LogP contribution is 2.26. The fourth-order valence-electron chi connectivity index (χ4n) is 1.76. The molecular formula is C14H26N2O4. The summed E-state index contributed by atoms with van der Waals surface area (Å²) in [7, 11) is 0. The van der Waals surface area contributed by atoms with Crippen molar-refractivity contribution >= 4 is 17.8 Å². The molecule has 6 heteroatoms. The molecule has 0 bridgehead atoms. The number of carbonyl (C=O) groups is 3. The number of amides is 2. The van der Waals surface area contributed by atoms with Gasteiger partial charge in [-0.05, 0) is 26.2 Å². The molecular weight excluding hydrogens is 260 g/mol. The lowest BCUT2D eigenvalue weighted by molar-refractivity contribution is -0.151. The van der Waals surface area contributed by atoms with Gasteiger partial charge in [0.25, 0.3) is 0 Å². The minimum absolute atomic E-state index is 0.124. The molecule has 0 aromatic heterocycles. The minimum atomic E-state index is -1.16. The largest absolute Gasteiger partial charge is 0.481 e. The van der Waals surface area contributed by atoms with Gasteiger partial charge in [-0.1, -0.05) is 20.8 Å². The lowest BCUT2D eigenvalue weighted by atomic mass is 9.80. The predicted octanol–water partition coefficient (Wildman–Crippen LogP) is 1.15. The van der Waals surface area contributed by atoms with Crippen molar-refractivity contribution < 1.29 is 19.5 Å². The average molecular weight is 286 g/mol. The number of hydrogen-bond donors (Lipinski definition) is 3. The first-order chi connectivity index (χ1) is 8.84. The van der Waals surface area contributed by atoms with Crippen LogP contribution < -0.4 is 10.6 Å². The molecule has 0 heterocycles. The Labute approximate surface area is 120 Å². The smallest absolute Gasteiger partial charge is 0.316 e. The molecule has 0 aliphatic rings. The van der Waals surface area contributed by atoms with Crippen LogP contribution in [0.5, 0.6) is 0 Å². The first-order valence-electron chi connectivity index (χ1n) is 6.66. The molecule has 0 radical (unpaired) electrons. The summed E-state index contributed by atoms with van der Waals surface area (Å²) in [4.78, 5) is 34.6. The zero-order valence-corrected chi connectivity index (χ0v) is 13.2. The molecule has 20 heavy (non-hydrogen) atoms. The van der Waals surface area contributed by atoms with Crippen LogP contribution in [0.15, 0.2) is 0 Å². The van der Waals surface area contributed by atoms with Gasteiger partial charge >= 0.3 is 5.97 Å². The van der Waals surface area contributed by atoms with Gasteiger partial charge in [-0.2, -0.15) is 0 Å². The predicted molar refractivity (Wildman–Crippen MR) is 76.1 cm³/mol. The maximum atomic E-state index is 11.9. The fraction of sp³-hybridized carbons (Fsp3) is 0.786. The van der Waals surface area contributed by atoms with Crippen LogP contribution in [0.2, 0.25) is 0 Å². The highest BCUT2D eigenvalue weighted by atomic mass is 16.4. The third kappa shape index (κ3) is 7.11. The van der Waals surface area contributed by atoms with Crippen LogP contribution in [0.3, 0.4) is 0 Å². The summed E-state index contributed by atoms with van der Waals surface area (Å²) in [5.74, 6) is -3.03. The van der Waals surface area contributed by atoms with Crippen molar-refractivity contribution in [3.05, 3.63) is 0 Å². The zero-order chi connectivity index (χ0) is 16.1. The Morgan fingerprint density at radius 3 is 1.90 bits per heavy atom. The Hall–Kier alpha value is -1.59. The van der Waals surface area contributed by atoms with Crippen molar-refractivity contribution in [2.24, 2.45) is 11.3 Å². The highest BCUT2D eigenvalue weighted by Gasteiger charge is 2.37. The molecule has 6 nitrogen and oxygen atoms in total. The van der Waals surface area contributed by atoms with Gasteiger partial charge in [0.2, 0.25) is 11.8 Å². The maximum absolute atomic E-state index is 11.9. The van der Waals surface area contributed by atoms with E-state index in [0.717, 1.165) is 0 Å². The van der Waals surface area contributed by atoms with Crippen LogP contribution in [-0.2, 0) is 14.4 Å². The molecule has 0 aromatic carbocycles. The van der Waals surface area contributed by atoms with E-state index in [0.29, 0.717) is 0 Å². The Morgan fingerprint density at radius 2 is 1.55 bits per heavy atom. The van der Waals surface area contributed by atoms with Crippen LogP contribution in [0.4, 0.5) is 0 Å². The quantitative estimate of drug-likeness (QED) is 0.661. The number of carboxylic acids is 1. The molecule has 0 fully saturated rings. The van der Waals surface area contributed by atoms with Gasteiger partial charge in [-0.25, -0.2) is 0 Å². The van der Waals surface area contributed by atoms with Crippen LogP contribution >= 0.6 is 0 Å². The van der Waals surface area contributed by atoms with E-state index in [2.05, 4.69) is 10.6 Å². The molecule has 0 saturated heterocycles. The molecule has 0 rings (SSSR count).